The number of hydrogen-bond donors (Lipinski definition) is 2. The number of nitrogens with zero attached hydrogens (tertiary/aromatic N) is 1. The summed E-state index contributed by atoms with van der Waals surface area (Å²) in [5.74, 6) is 0.812. The number of benzene rings is 3. The molecule has 0 aliphatic heterocycles. The third-order valence-corrected chi connectivity index (χ3v) is 4.59. The number of hydrogen-bond acceptors (Lipinski definition) is 4. The minimum absolute atomic E-state index is 0.0864. The van der Waals surface area contributed by atoms with E-state index in [1.54, 1.807) is 24.3 Å². The topological polar surface area (TPSA) is 70.7 Å². The highest BCUT2D eigenvalue weighted by molar-refractivity contribution is 5.96. The molecule has 0 heterocycles. The predicted octanol–water partition coefficient (Wildman–Crippen LogP) is 3.59. The van der Waals surface area contributed by atoms with Crippen LogP contribution in [0.15, 0.2) is 78.9 Å². The minimum atomic E-state index is -0.311. The van der Waals surface area contributed by atoms with Gasteiger partial charge < -0.3 is 20.3 Å². The molecule has 0 aliphatic carbocycles. The molecule has 31 heavy (non-hydrogen) atoms. The molecule has 3 aromatic carbocycles. The fraction of sp³-hybridized carbons (Fsp3) is 0.200. The van der Waals surface area contributed by atoms with Crippen LogP contribution in [0.2, 0.25) is 0 Å². The normalized spacial score (nSPS) is 10.5. The van der Waals surface area contributed by atoms with Crippen molar-refractivity contribution in [2.75, 3.05) is 20.6 Å². The number of para-hydroxylation sites is 1. The molecule has 0 aliphatic rings. The van der Waals surface area contributed by atoms with Crippen LogP contribution in [0.4, 0.5) is 0 Å². The van der Waals surface area contributed by atoms with E-state index in [-0.39, 0.29) is 18.4 Å². The van der Waals surface area contributed by atoms with Crippen molar-refractivity contribution in [2.24, 2.45) is 0 Å². The first kappa shape index (κ1) is 22.1. The molecule has 160 valence electrons. The van der Waals surface area contributed by atoms with Crippen molar-refractivity contribution in [1.29, 1.82) is 0 Å². The standard InChI is InChI=1S/C25H27N3O3/c1-28(2)18-21-9-7-6-8-20(21)16-26-24(29)17-27-25(30)19-12-14-23(15-13-19)31-22-10-4-3-5-11-22/h3-15H,16-18H2,1-2H3,(H,26,29)(H,27,30). The molecule has 0 aromatic heterocycles. The monoisotopic (exact) mass is 417 g/mol. The zero-order chi connectivity index (χ0) is 22.1. The first-order valence-corrected chi connectivity index (χ1v) is 10.1. The van der Waals surface area contributed by atoms with Crippen LogP contribution in [-0.4, -0.2) is 37.4 Å². The summed E-state index contributed by atoms with van der Waals surface area (Å²) in [5.41, 5.74) is 2.68. The molecule has 0 saturated heterocycles. The fourth-order valence-corrected chi connectivity index (χ4v) is 3.04. The Morgan fingerprint density at radius 1 is 0.774 bits per heavy atom. The summed E-state index contributed by atoms with van der Waals surface area (Å²) >= 11 is 0. The molecule has 0 bridgehead atoms. The van der Waals surface area contributed by atoms with E-state index < -0.39 is 0 Å². The van der Waals surface area contributed by atoms with Gasteiger partial charge >= 0.3 is 0 Å². The maximum atomic E-state index is 12.3. The second-order valence-corrected chi connectivity index (χ2v) is 7.41. The van der Waals surface area contributed by atoms with Crippen molar-refractivity contribution in [3.8, 4) is 11.5 Å². The Morgan fingerprint density at radius 3 is 2.06 bits per heavy atom. The van der Waals surface area contributed by atoms with Crippen molar-refractivity contribution in [3.63, 3.8) is 0 Å². The first-order valence-electron chi connectivity index (χ1n) is 10.1. The molecule has 0 atom stereocenters. The Labute approximate surface area is 182 Å². The molecular weight excluding hydrogens is 390 g/mol. The maximum Gasteiger partial charge on any atom is 0.251 e. The number of carbonyl (C=O) groups is 2. The van der Waals surface area contributed by atoms with Gasteiger partial charge in [0.2, 0.25) is 5.91 Å². The van der Waals surface area contributed by atoms with Gasteiger partial charge in [0.25, 0.3) is 5.91 Å². The number of carbonyl (C=O) groups excluding carboxylic acids is 2. The number of rotatable bonds is 9. The van der Waals surface area contributed by atoms with Crippen LogP contribution in [-0.2, 0) is 17.9 Å². The lowest BCUT2D eigenvalue weighted by atomic mass is 10.1. The van der Waals surface area contributed by atoms with E-state index in [1.165, 1.54) is 0 Å². The molecule has 3 aromatic rings. The number of nitrogens with one attached hydrogen (secondary N) is 2. The predicted molar refractivity (Wildman–Crippen MR) is 121 cm³/mol. The molecule has 2 amide bonds. The average molecular weight is 418 g/mol. The molecule has 3 rings (SSSR count). The van der Waals surface area contributed by atoms with E-state index in [0.717, 1.165) is 23.4 Å². The highest BCUT2D eigenvalue weighted by Gasteiger charge is 2.10. The Morgan fingerprint density at radius 2 is 1.39 bits per heavy atom. The lowest BCUT2D eigenvalue weighted by Gasteiger charge is -2.14. The summed E-state index contributed by atoms with van der Waals surface area (Å²) in [6, 6.07) is 24.2. The largest absolute Gasteiger partial charge is 0.457 e. The van der Waals surface area contributed by atoms with Crippen LogP contribution in [0.1, 0.15) is 21.5 Å². The molecule has 0 spiro atoms. The molecule has 0 radical (unpaired) electrons. The van der Waals surface area contributed by atoms with E-state index in [4.69, 9.17) is 4.74 Å². The summed E-state index contributed by atoms with van der Waals surface area (Å²) in [4.78, 5) is 26.6. The smallest absolute Gasteiger partial charge is 0.251 e. The molecule has 6 heteroatoms. The van der Waals surface area contributed by atoms with E-state index in [9.17, 15) is 9.59 Å². The zero-order valence-corrected chi connectivity index (χ0v) is 17.8. The van der Waals surface area contributed by atoms with Gasteiger partial charge in [-0.1, -0.05) is 42.5 Å². The number of amides is 2. The Kier molecular flexibility index (Phi) is 7.79. The van der Waals surface area contributed by atoms with E-state index in [2.05, 4.69) is 21.6 Å². The molecule has 0 fully saturated rings. The molecule has 0 saturated carbocycles. The summed E-state index contributed by atoms with van der Waals surface area (Å²) in [5, 5.41) is 5.51. The van der Waals surface area contributed by atoms with Crippen molar-refractivity contribution in [3.05, 3.63) is 95.6 Å². The van der Waals surface area contributed by atoms with Gasteiger partial charge in [-0.05, 0) is 61.6 Å². The summed E-state index contributed by atoms with van der Waals surface area (Å²) in [6.45, 7) is 1.13. The Bertz CT molecular complexity index is 1000. The molecule has 6 nitrogen and oxygen atoms in total. The molecule has 0 unspecified atom stereocenters. The van der Waals surface area contributed by atoms with E-state index in [1.807, 2.05) is 62.6 Å². The zero-order valence-electron chi connectivity index (χ0n) is 17.8. The third kappa shape index (κ3) is 6.97. The third-order valence-electron chi connectivity index (χ3n) is 4.59. The first-order chi connectivity index (χ1) is 15.0. The van der Waals surface area contributed by atoms with Crippen LogP contribution in [0.3, 0.4) is 0 Å². The second-order valence-electron chi connectivity index (χ2n) is 7.41. The van der Waals surface area contributed by atoms with Gasteiger partial charge in [0.1, 0.15) is 11.5 Å². The van der Waals surface area contributed by atoms with Crippen LogP contribution in [0.25, 0.3) is 0 Å². The van der Waals surface area contributed by atoms with Crippen LogP contribution in [0, 0.1) is 0 Å². The summed E-state index contributed by atoms with van der Waals surface area (Å²) in [7, 11) is 4.01. The lowest BCUT2D eigenvalue weighted by Crippen LogP contribution is -2.36. The summed E-state index contributed by atoms with van der Waals surface area (Å²) < 4.78 is 5.72. The van der Waals surface area contributed by atoms with Gasteiger partial charge in [0.05, 0.1) is 6.54 Å². The van der Waals surface area contributed by atoms with Gasteiger partial charge in [0, 0.05) is 18.7 Å². The van der Waals surface area contributed by atoms with Crippen molar-refractivity contribution < 1.29 is 14.3 Å². The van der Waals surface area contributed by atoms with Crippen LogP contribution in [0.5, 0.6) is 11.5 Å². The minimum Gasteiger partial charge on any atom is -0.457 e. The van der Waals surface area contributed by atoms with Gasteiger partial charge in [-0.2, -0.15) is 0 Å². The maximum absolute atomic E-state index is 12.3. The van der Waals surface area contributed by atoms with E-state index >= 15 is 0 Å². The number of ether oxygens (including phenoxy) is 1. The average Bonchev–Trinajstić information content (AvgIpc) is 2.77. The highest BCUT2D eigenvalue weighted by Crippen LogP contribution is 2.21. The van der Waals surface area contributed by atoms with Crippen molar-refractivity contribution in [2.45, 2.75) is 13.1 Å². The van der Waals surface area contributed by atoms with Gasteiger partial charge in [-0.15, -0.1) is 0 Å². The Balaban J connectivity index is 1.46. The van der Waals surface area contributed by atoms with Crippen LogP contribution < -0.4 is 15.4 Å². The van der Waals surface area contributed by atoms with Gasteiger partial charge in [0.15, 0.2) is 0 Å². The Hall–Kier alpha value is -3.64. The molecule has 2 N–H and O–H groups in total. The molecular formula is C25H27N3O3. The quantitative estimate of drug-likeness (QED) is 0.558. The fourth-order valence-electron chi connectivity index (χ4n) is 3.04. The van der Waals surface area contributed by atoms with Crippen LogP contribution >= 0.6 is 0 Å². The summed E-state index contributed by atoms with van der Waals surface area (Å²) in [6.07, 6.45) is 0. The van der Waals surface area contributed by atoms with Gasteiger partial charge in [-0.3, -0.25) is 9.59 Å². The lowest BCUT2D eigenvalue weighted by molar-refractivity contribution is -0.120. The van der Waals surface area contributed by atoms with Gasteiger partial charge in [-0.25, -0.2) is 0 Å². The van der Waals surface area contributed by atoms with Crippen molar-refractivity contribution in [1.82, 2.24) is 15.5 Å². The highest BCUT2D eigenvalue weighted by atomic mass is 16.5. The van der Waals surface area contributed by atoms with E-state index in [0.29, 0.717) is 17.9 Å². The second kappa shape index (κ2) is 10.9. The van der Waals surface area contributed by atoms with Crippen molar-refractivity contribution >= 4 is 11.8 Å². The SMILES string of the molecule is CN(C)Cc1ccccc1CNC(=O)CNC(=O)c1ccc(Oc2ccccc2)cc1.